The highest BCUT2D eigenvalue weighted by Gasteiger charge is 2.50. The van der Waals surface area contributed by atoms with Gasteiger partial charge in [-0.2, -0.15) is 0 Å². The molecular formula is C35H22ClN3S. The molecule has 0 radical (unpaired) electrons. The SMILES string of the molecule is Cc1nc(-c2ccccc2)nc(-c2ccc3c(c2)C2(c4ccccc4Sc4c(Cl)cccc42)c2ccccc2-3)n1. The Balaban J connectivity index is 1.44. The summed E-state index contributed by atoms with van der Waals surface area (Å²) < 4.78 is 0. The molecule has 5 aromatic carbocycles. The van der Waals surface area contributed by atoms with Crippen molar-refractivity contribution in [2.24, 2.45) is 0 Å². The molecule has 0 saturated carbocycles. The molecule has 1 aliphatic heterocycles. The molecule has 0 bridgehead atoms. The third-order valence-corrected chi connectivity index (χ3v) is 9.60. The van der Waals surface area contributed by atoms with Crippen molar-refractivity contribution in [1.82, 2.24) is 15.0 Å². The maximum atomic E-state index is 6.90. The molecule has 5 heteroatoms. The van der Waals surface area contributed by atoms with E-state index in [0.717, 1.165) is 21.0 Å². The van der Waals surface area contributed by atoms with E-state index in [1.54, 1.807) is 11.8 Å². The molecule has 0 N–H and O–H groups in total. The van der Waals surface area contributed by atoms with Gasteiger partial charge in [0.2, 0.25) is 0 Å². The number of hydrogen-bond acceptors (Lipinski definition) is 4. The summed E-state index contributed by atoms with van der Waals surface area (Å²) in [6, 6.07) is 40.5. The summed E-state index contributed by atoms with van der Waals surface area (Å²) in [4.78, 5) is 16.7. The minimum absolute atomic E-state index is 0.506. The molecule has 1 aliphatic carbocycles. The first-order chi connectivity index (χ1) is 19.6. The smallest absolute Gasteiger partial charge is 0.163 e. The average Bonchev–Trinajstić information content (AvgIpc) is 3.28. The number of aryl methyl sites for hydroxylation is 1. The Labute approximate surface area is 242 Å². The van der Waals surface area contributed by atoms with Crippen molar-refractivity contribution >= 4 is 23.4 Å². The van der Waals surface area contributed by atoms with Crippen molar-refractivity contribution in [3.63, 3.8) is 0 Å². The zero-order chi connectivity index (χ0) is 26.8. The van der Waals surface area contributed by atoms with E-state index in [2.05, 4.69) is 83.8 Å². The van der Waals surface area contributed by atoms with Crippen LogP contribution in [0, 0.1) is 6.92 Å². The lowest BCUT2D eigenvalue weighted by molar-refractivity contribution is 0.722. The van der Waals surface area contributed by atoms with Crippen LogP contribution in [0.1, 0.15) is 28.1 Å². The maximum absolute atomic E-state index is 6.90. The molecule has 0 fully saturated rings. The fourth-order valence-electron chi connectivity index (χ4n) is 6.35. The molecule has 1 aromatic heterocycles. The Morgan fingerprint density at radius 2 is 1.25 bits per heavy atom. The van der Waals surface area contributed by atoms with E-state index in [9.17, 15) is 0 Å². The van der Waals surface area contributed by atoms with Crippen LogP contribution in [0.3, 0.4) is 0 Å². The number of nitrogens with zero attached hydrogens (tertiary/aromatic N) is 3. The number of halogens is 1. The van der Waals surface area contributed by atoms with Gasteiger partial charge >= 0.3 is 0 Å². The normalized spacial score (nSPS) is 16.2. The zero-order valence-electron chi connectivity index (χ0n) is 21.6. The van der Waals surface area contributed by atoms with Crippen LogP contribution in [0.25, 0.3) is 33.9 Å². The van der Waals surface area contributed by atoms with E-state index < -0.39 is 5.41 Å². The molecule has 2 aliphatic rings. The van der Waals surface area contributed by atoms with E-state index in [4.69, 9.17) is 21.6 Å². The lowest BCUT2D eigenvalue weighted by atomic mass is 9.67. The van der Waals surface area contributed by atoms with Crippen LogP contribution in [0.5, 0.6) is 0 Å². The standard InChI is InChI=1S/C35H22ClN3S/c1-21-37-33(22-10-3-2-4-11-22)39-34(38-21)23-18-19-25-24-12-5-6-13-26(24)35(29(25)20-23)27-14-7-8-17-31(27)40-32-28(35)15-9-16-30(32)36/h2-20H,1H3. The Kier molecular flexibility index (Phi) is 5.25. The van der Waals surface area contributed by atoms with Gasteiger partial charge in [0.15, 0.2) is 11.6 Å². The van der Waals surface area contributed by atoms with Gasteiger partial charge in [0, 0.05) is 20.9 Å². The van der Waals surface area contributed by atoms with Crippen LogP contribution in [-0.2, 0) is 5.41 Å². The van der Waals surface area contributed by atoms with E-state index in [1.165, 1.54) is 38.3 Å². The summed E-state index contributed by atoms with van der Waals surface area (Å²) in [5.74, 6) is 2.04. The van der Waals surface area contributed by atoms with Crippen molar-refractivity contribution in [3.05, 3.63) is 148 Å². The summed E-state index contributed by atoms with van der Waals surface area (Å²) >= 11 is 8.65. The average molecular weight is 552 g/mol. The quantitative estimate of drug-likeness (QED) is 0.215. The number of hydrogen-bond donors (Lipinski definition) is 0. The Hall–Kier alpha value is -4.25. The first kappa shape index (κ1) is 23.6. The van der Waals surface area contributed by atoms with Crippen molar-refractivity contribution in [2.75, 3.05) is 0 Å². The second kappa shape index (κ2) is 8.88. The third kappa shape index (κ3) is 3.30. The van der Waals surface area contributed by atoms with Crippen LogP contribution >= 0.6 is 23.4 Å². The van der Waals surface area contributed by atoms with Gasteiger partial charge in [-0.3, -0.25) is 0 Å². The maximum Gasteiger partial charge on any atom is 0.163 e. The van der Waals surface area contributed by atoms with Crippen LogP contribution in [0.2, 0.25) is 5.02 Å². The first-order valence-electron chi connectivity index (χ1n) is 13.2. The molecule has 190 valence electrons. The summed E-state index contributed by atoms with van der Waals surface area (Å²) in [5.41, 5.74) is 8.88. The fourth-order valence-corrected chi connectivity index (χ4v) is 7.84. The van der Waals surface area contributed by atoms with E-state index in [0.29, 0.717) is 17.5 Å². The van der Waals surface area contributed by atoms with Gasteiger partial charge in [-0.05, 0) is 58.5 Å². The molecule has 1 atom stereocenters. The van der Waals surface area contributed by atoms with Crippen LogP contribution in [0.15, 0.2) is 125 Å². The molecule has 1 spiro atoms. The van der Waals surface area contributed by atoms with Crippen molar-refractivity contribution < 1.29 is 0 Å². The highest BCUT2D eigenvalue weighted by molar-refractivity contribution is 7.99. The van der Waals surface area contributed by atoms with Gasteiger partial charge in [0.05, 0.1) is 10.4 Å². The van der Waals surface area contributed by atoms with E-state index >= 15 is 0 Å². The van der Waals surface area contributed by atoms with Gasteiger partial charge in [0.1, 0.15) is 5.82 Å². The molecule has 0 amide bonds. The summed E-state index contributed by atoms with van der Waals surface area (Å²) in [7, 11) is 0. The lowest BCUT2D eigenvalue weighted by Crippen LogP contribution is -2.32. The zero-order valence-corrected chi connectivity index (χ0v) is 23.2. The number of rotatable bonds is 2. The van der Waals surface area contributed by atoms with Crippen molar-refractivity contribution in [3.8, 4) is 33.9 Å². The van der Waals surface area contributed by atoms with Crippen LogP contribution in [0.4, 0.5) is 0 Å². The Bertz CT molecular complexity index is 1970. The second-order valence-corrected chi connectivity index (χ2v) is 11.6. The molecular weight excluding hydrogens is 530 g/mol. The highest BCUT2D eigenvalue weighted by atomic mass is 35.5. The minimum atomic E-state index is -0.506. The van der Waals surface area contributed by atoms with Crippen LogP contribution < -0.4 is 0 Å². The fraction of sp³-hybridized carbons (Fsp3) is 0.0571. The largest absolute Gasteiger partial charge is 0.213 e. The molecule has 6 aromatic rings. The van der Waals surface area contributed by atoms with E-state index in [1.807, 2.05) is 43.3 Å². The van der Waals surface area contributed by atoms with Gasteiger partial charge in [-0.1, -0.05) is 120 Å². The van der Waals surface area contributed by atoms with Gasteiger partial charge < -0.3 is 0 Å². The third-order valence-electron chi connectivity index (χ3n) is 7.96. The number of fused-ring (bicyclic) bond motifs is 9. The van der Waals surface area contributed by atoms with Crippen LogP contribution in [-0.4, -0.2) is 15.0 Å². The predicted molar refractivity (Wildman–Crippen MR) is 162 cm³/mol. The first-order valence-corrected chi connectivity index (χ1v) is 14.4. The molecule has 8 rings (SSSR count). The molecule has 1 unspecified atom stereocenters. The topological polar surface area (TPSA) is 38.7 Å². The molecule has 40 heavy (non-hydrogen) atoms. The molecule has 0 saturated heterocycles. The van der Waals surface area contributed by atoms with Crippen molar-refractivity contribution in [1.29, 1.82) is 0 Å². The summed E-state index contributed by atoms with van der Waals surface area (Å²) in [6.07, 6.45) is 0. The Morgan fingerprint density at radius 3 is 2.10 bits per heavy atom. The van der Waals surface area contributed by atoms with Crippen molar-refractivity contribution in [2.45, 2.75) is 22.1 Å². The second-order valence-electron chi connectivity index (χ2n) is 10.2. The van der Waals surface area contributed by atoms with Gasteiger partial charge in [0.25, 0.3) is 0 Å². The number of aromatic nitrogens is 3. The molecule has 3 nitrogen and oxygen atoms in total. The molecule has 2 heterocycles. The number of benzene rings is 5. The summed E-state index contributed by atoms with van der Waals surface area (Å²) in [5, 5.41) is 0.777. The Morgan fingerprint density at radius 1 is 0.575 bits per heavy atom. The van der Waals surface area contributed by atoms with E-state index in [-0.39, 0.29) is 0 Å². The predicted octanol–water partition coefficient (Wildman–Crippen LogP) is 9.00. The highest BCUT2D eigenvalue weighted by Crippen LogP contribution is 2.63. The van der Waals surface area contributed by atoms with Gasteiger partial charge in [-0.25, -0.2) is 15.0 Å². The summed E-state index contributed by atoms with van der Waals surface area (Å²) in [6.45, 7) is 1.93. The van der Waals surface area contributed by atoms with Gasteiger partial charge in [-0.15, -0.1) is 0 Å². The monoisotopic (exact) mass is 551 g/mol. The minimum Gasteiger partial charge on any atom is -0.213 e. The lowest BCUT2D eigenvalue weighted by Gasteiger charge is -2.40.